The van der Waals surface area contributed by atoms with Crippen molar-refractivity contribution < 1.29 is 13.6 Å². The first-order chi connectivity index (χ1) is 10.4. The fourth-order valence-electron chi connectivity index (χ4n) is 3.29. The number of halogens is 3. The van der Waals surface area contributed by atoms with Crippen LogP contribution in [0.5, 0.6) is 0 Å². The van der Waals surface area contributed by atoms with Gasteiger partial charge in [0.25, 0.3) is 11.8 Å². The molecule has 0 unspecified atom stereocenters. The third kappa shape index (κ3) is 4.67. The van der Waals surface area contributed by atoms with Crippen LogP contribution >= 0.6 is 12.4 Å². The van der Waals surface area contributed by atoms with Gasteiger partial charge in [0.1, 0.15) is 0 Å². The third-order valence-electron chi connectivity index (χ3n) is 4.48. The van der Waals surface area contributed by atoms with E-state index in [0.29, 0.717) is 11.6 Å². The number of carbonyl (C=O) groups excluding carboxylic acids is 1. The van der Waals surface area contributed by atoms with Gasteiger partial charge in [0.05, 0.1) is 18.7 Å². The number of nitrogens with two attached hydrogens (primary N) is 1. The van der Waals surface area contributed by atoms with E-state index in [1.54, 1.807) is 6.07 Å². The molecule has 0 spiro atoms. The highest BCUT2D eigenvalue weighted by Gasteiger charge is 2.28. The highest BCUT2D eigenvalue weighted by molar-refractivity contribution is 5.95. The average molecular weight is 350 g/mol. The predicted molar refractivity (Wildman–Crippen MR) is 89.6 cm³/mol. The fourth-order valence-corrected chi connectivity index (χ4v) is 3.29. The Morgan fingerprint density at radius 3 is 2.52 bits per heavy atom. The van der Waals surface area contributed by atoms with E-state index in [9.17, 15) is 13.6 Å². The number of nitrogens with one attached hydrogen (secondary N) is 1. The first-order valence-electron chi connectivity index (χ1n) is 7.90. The van der Waals surface area contributed by atoms with Crippen molar-refractivity contribution in [1.82, 2.24) is 9.88 Å². The highest BCUT2D eigenvalue weighted by Crippen LogP contribution is 2.32. The van der Waals surface area contributed by atoms with Crippen LogP contribution in [0.2, 0.25) is 0 Å². The smallest absolute Gasteiger partial charge is 0.277 e. The first-order valence-corrected chi connectivity index (χ1v) is 7.90. The molecule has 0 bridgehead atoms. The number of amides is 1. The van der Waals surface area contributed by atoms with Gasteiger partial charge in [-0.1, -0.05) is 19.3 Å². The van der Waals surface area contributed by atoms with Gasteiger partial charge in [-0.15, -0.1) is 12.4 Å². The van der Waals surface area contributed by atoms with Crippen molar-refractivity contribution in [2.24, 2.45) is 5.73 Å². The minimum absolute atomic E-state index is 0. The lowest BCUT2D eigenvalue weighted by Crippen LogP contribution is -2.41. The summed E-state index contributed by atoms with van der Waals surface area (Å²) in [6.45, 7) is 2.36. The summed E-state index contributed by atoms with van der Waals surface area (Å²) in [5, 5.41) is 2.29. The molecule has 1 aliphatic carbocycles. The predicted octanol–water partition coefficient (Wildman–Crippen LogP) is 3.36. The van der Waals surface area contributed by atoms with Gasteiger partial charge in [0, 0.05) is 17.4 Å². The Hall–Kier alpha value is -1.14. The van der Waals surface area contributed by atoms with E-state index >= 15 is 0 Å². The molecule has 1 aliphatic rings. The second-order valence-corrected chi connectivity index (χ2v) is 6.19. The van der Waals surface area contributed by atoms with Crippen LogP contribution in [0.15, 0.2) is 6.07 Å². The maximum atomic E-state index is 13.2. The quantitative estimate of drug-likeness (QED) is 0.856. The van der Waals surface area contributed by atoms with Crippen molar-refractivity contribution in [3.63, 3.8) is 0 Å². The summed E-state index contributed by atoms with van der Waals surface area (Å²) in [4.78, 5) is 12.2. The molecule has 0 radical (unpaired) electrons. The molecule has 1 heterocycles. The van der Waals surface area contributed by atoms with Crippen molar-refractivity contribution in [1.29, 1.82) is 0 Å². The fraction of sp³-hybridized carbons (Fsp3) is 0.688. The Balaban J connectivity index is 0.00000264. The topological polar surface area (TPSA) is 60.1 Å². The zero-order valence-corrected chi connectivity index (χ0v) is 14.5. The number of nitrogens with zero attached hydrogens (tertiary/aromatic N) is 1. The van der Waals surface area contributed by atoms with E-state index in [1.165, 1.54) is 19.3 Å². The number of rotatable bonds is 5. The molecule has 7 heteroatoms. The van der Waals surface area contributed by atoms with E-state index in [2.05, 4.69) is 9.88 Å². The number of alkyl halides is 2. The van der Waals surface area contributed by atoms with Crippen molar-refractivity contribution in [3.8, 4) is 0 Å². The molecule has 1 fully saturated rings. The first kappa shape index (κ1) is 19.9. The number of hydrogen-bond donors (Lipinski definition) is 2. The molecular formula is C16H26ClF2N3O. The average Bonchev–Trinajstić information content (AvgIpc) is 2.81. The molecule has 3 N–H and O–H groups in total. The normalized spacial score (nSPS) is 16.0. The van der Waals surface area contributed by atoms with Crippen molar-refractivity contribution in [2.45, 2.75) is 57.9 Å². The molecule has 0 atom stereocenters. The second kappa shape index (κ2) is 8.11. The van der Waals surface area contributed by atoms with Crippen LogP contribution in [0.3, 0.4) is 0 Å². The molecule has 132 valence electrons. The van der Waals surface area contributed by atoms with Crippen molar-refractivity contribution >= 4 is 18.3 Å². The number of hydrogen-bond acceptors (Lipinski definition) is 2. The van der Waals surface area contributed by atoms with Gasteiger partial charge >= 0.3 is 0 Å². The number of aryl methyl sites for hydroxylation is 1. The minimum Gasteiger partial charge on any atom is -0.346 e. The molecule has 1 saturated carbocycles. The van der Waals surface area contributed by atoms with Gasteiger partial charge in [0.15, 0.2) is 0 Å². The Kier molecular flexibility index (Phi) is 7.02. The summed E-state index contributed by atoms with van der Waals surface area (Å²) in [5.41, 5.74) is 7.34. The molecular weight excluding hydrogens is 324 g/mol. The van der Waals surface area contributed by atoms with E-state index in [1.807, 2.05) is 13.8 Å². The Morgan fingerprint density at radius 1 is 1.35 bits per heavy atom. The van der Waals surface area contributed by atoms with E-state index in [-0.39, 0.29) is 12.4 Å². The SMILES string of the molecule is Cc1cc(C(=O)NCC(F)(F)CN)c(C)n1C1CCCCC1.Cl. The van der Waals surface area contributed by atoms with Crippen LogP contribution in [-0.4, -0.2) is 29.5 Å². The van der Waals surface area contributed by atoms with Crippen LogP contribution < -0.4 is 11.1 Å². The van der Waals surface area contributed by atoms with Crippen LogP contribution in [0.1, 0.15) is 59.9 Å². The summed E-state index contributed by atoms with van der Waals surface area (Å²) in [6, 6.07) is 2.21. The van der Waals surface area contributed by atoms with Crippen LogP contribution in [0.4, 0.5) is 8.78 Å². The Morgan fingerprint density at radius 2 is 1.96 bits per heavy atom. The number of carbonyl (C=O) groups is 1. The monoisotopic (exact) mass is 349 g/mol. The van der Waals surface area contributed by atoms with E-state index in [4.69, 9.17) is 5.73 Å². The van der Waals surface area contributed by atoms with Crippen molar-refractivity contribution in [2.75, 3.05) is 13.1 Å². The zero-order valence-electron chi connectivity index (χ0n) is 13.7. The zero-order chi connectivity index (χ0) is 16.3. The van der Waals surface area contributed by atoms with Gasteiger partial charge in [-0.2, -0.15) is 0 Å². The lowest BCUT2D eigenvalue weighted by molar-refractivity contribution is 0.0118. The number of aromatic nitrogens is 1. The third-order valence-corrected chi connectivity index (χ3v) is 4.48. The summed E-state index contributed by atoms with van der Waals surface area (Å²) in [5.74, 6) is -3.52. The highest BCUT2D eigenvalue weighted by atomic mass is 35.5. The molecule has 0 aromatic carbocycles. The summed E-state index contributed by atoms with van der Waals surface area (Å²) in [7, 11) is 0. The second-order valence-electron chi connectivity index (χ2n) is 6.19. The van der Waals surface area contributed by atoms with Crippen molar-refractivity contribution in [3.05, 3.63) is 23.0 Å². The molecule has 1 amide bonds. The van der Waals surface area contributed by atoms with Gasteiger partial charge in [-0.25, -0.2) is 8.78 Å². The van der Waals surface area contributed by atoms with Crippen LogP contribution in [0, 0.1) is 13.8 Å². The minimum atomic E-state index is -3.06. The van der Waals surface area contributed by atoms with E-state index in [0.717, 1.165) is 24.2 Å². The molecule has 2 rings (SSSR count). The van der Waals surface area contributed by atoms with Gasteiger partial charge in [-0.05, 0) is 32.8 Å². The Labute approximate surface area is 142 Å². The molecule has 0 aliphatic heterocycles. The summed E-state index contributed by atoms with van der Waals surface area (Å²) < 4.78 is 28.5. The van der Waals surface area contributed by atoms with E-state index < -0.39 is 24.9 Å². The maximum absolute atomic E-state index is 13.2. The van der Waals surface area contributed by atoms with Gasteiger partial charge in [-0.3, -0.25) is 4.79 Å². The Bertz CT molecular complexity index is 540. The largest absolute Gasteiger partial charge is 0.346 e. The van der Waals surface area contributed by atoms with Gasteiger partial charge in [0.2, 0.25) is 0 Å². The molecule has 1 aromatic rings. The van der Waals surface area contributed by atoms with Crippen LogP contribution in [0.25, 0.3) is 0 Å². The standard InChI is InChI=1S/C16H25F2N3O.ClH/c1-11-8-14(15(22)20-10-16(17,18)9-19)12(2)21(11)13-6-4-3-5-7-13;/h8,13H,3-7,9-10,19H2,1-2H3,(H,20,22);1H. The lowest BCUT2D eigenvalue weighted by atomic mass is 9.95. The molecule has 4 nitrogen and oxygen atoms in total. The summed E-state index contributed by atoms with van der Waals surface area (Å²) >= 11 is 0. The van der Waals surface area contributed by atoms with Crippen LogP contribution in [-0.2, 0) is 0 Å². The summed E-state index contributed by atoms with van der Waals surface area (Å²) in [6.07, 6.45) is 5.89. The van der Waals surface area contributed by atoms with Gasteiger partial charge < -0.3 is 15.6 Å². The maximum Gasteiger partial charge on any atom is 0.277 e. The molecule has 23 heavy (non-hydrogen) atoms. The molecule has 1 aromatic heterocycles. The lowest BCUT2D eigenvalue weighted by Gasteiger charge is -2.26. The molecule has 0 saturated heterocycles.